The van der Waals surface area contributed by atoms with Crippen LogP contribution in [0.2, 0.25) is 15.1 Å². The van der Waals surface area contributed by atoms with E-state index in [0.717, 1.165) is 61.6 Å². The van der Waals surface area contributed by atoms with Crippen LogP contribution in [-0.4, -0.2) is 84.3 Å². The van der Waals surface area contributed by atoms with Crippen molar-refractivity contribution in [2.24, 2.45) is 4.99 Å². The first-order chi connectivity index (χ1) is 22.9. The normalized spacial score (nSPS) is 19.6. The van der Waals surface area contributed by atoms with Crippen molar-refractivity contribution in [2.75, 3.05) is 59.5 Å². The highest BCUT2D eigenvalue weighted by molar-refractivity contribution is 7.98. The third kappa shape index (κ3) is 7.06. The molecule has 0 amide bonds. The van der Waals surface area contributed by atoms with Gasteiger partial charge in [-0.05, 0) is 53.4 Å². The van der Waals surface area contributed by atoms with E-state index < -0.39 is 22.9 Å². The SMILES string of the molecule is COc1cc(-n2c(C(C)(C)c3ccc(Cl)c(Cl)c3)cnc2SCc2c(F)cc(C([O-])=NCC[N+]34CCN(CC3)CC4)cc2Cl)ccc1F. The van der Waals surface area contributed by atoms with E-state index in [2.05, 4.69) is 9.89 Å². The molecule has 3 aliphatic heterocycles. The van der Waals surface area contributed by atoms with Gasteiger partial charge in [0.25, 0.3) is 0 Å². The number of piperazine rings is 3. The summed E-state index contributed by atoms with van der Waals surface area (Å²) in [4.78, 5) is 11.4. The molecule has 3 aromatic carbocycles. The van der Waals surface area contributed by atoms with Crippen LogP contribution in [0.3, 0.4) is 0 Å². The molecule has 7 rings (SSSR count). The minimum atomic E-state index is -0.636. The van der Waals surface area contributed by atoms with E-state index in [-0.39, 0.29) is 27.7 Å². The zero-order valence-corrected chi connectivity index (χ0v) is 30.0. The Morgan fingerprint density at radius 1 is 0.979 bits per heavy atom. The van der Waals surface area contributed by atoms with E-state index in [9.17, 15) is 9.50 Å². The van der Waals surface area contributed by atoms with Gasteiger partial charge in [-0.2, -0.15) is 0 Å². The molecule has 0 aliphatic carbocycles. The molecule has 7 nitrogen and oxygen atoms in total. The lowest BCUT2D eigenvalue weighted by Crippen LogP contribution is -2.67. The van der Waals surface area contributed by atoms with E-state index in [4.69, 9.17) is 44.5 Å². The number of aromatic nitrogens is 2. The molecule has 4 heterocycles. The summed E-state index contributed by atoms with van der Waals surface area (Å²) >= 11 is 20.4. The topological polar surface area (TPSA) is 65.7 Å². The standard InChI is InChI=1S/C35H36Cl3F2N5O2S/c1-35(2,23-4-6-26(36)28(38)18-23)32-20-42-34(44(32)24-5-7-29(39)31(19-24)47-3)48-21-25-27(37)16-22(17-30(25)40)33(46)41-8-12-45-13-9-43(10-14-45)11-15-45/h4-7,16-20H,8-15,21H2,1-3H3. The summed E-state index contributed by atoms with van der Waals surface area (Å²) in [5, 5.41) is 14.4. The summed E-state index contributed by atoms with van der Waals surface area (Å²) in [5.41, 5.74) is 1.97. The van der Waals surface area contributed by atoms with Gasteiger partial charge >= 0.3 is 0 Å². The zero-order chi connectivity index (χ0) is 34.2. The summed E-state index contributed by atoms with van der Waals surface area (Å²) in [6, 6.07) is 12.7. The molecule has 3 aliphatic rings. The van der Waals surface area contributed by atoms with Gasteiger partial charge < -0.3 is 14.3 Å². The lowest BCUT2D eigenvalue weighted by molar-refractivity contribution is -0.939. The van der Waals surface area contributed by atoms with Gasteiger partial charge in [-0.3, -0.25) is 14.5 Å². The van der Waals surface area contributed by atoms with E-state index in [1.165, 1.54) is 37.1 Å². The third-order valence-electron chi connectivity index (χ3n) is 9.64. The van der Waals surface area contributed by atoms with Gasteiger partial charge in [-0.1, -0.05) is 66.5 Å². The third-order valence-corrected chi connectivity index (χ3v) is 11.7. The Bertz CT molecular complexity index is 1820. The Hall–Kier alpha value is -2.86. The van der Waals surface area contributed by atoms with Crippen molar-refractivity contribution in [1.82, 2.24) is 14.5 Å². The van der Waals surface area contributed by atoms with Crippen LogP contribution >= 0.6 is 46.6 Å². The number of rotatable bonds is 11. The zero-order valence-electron chi connectivity index (χ0n) is 26.9. The number of ether oxygens (including phenoxy) is 1. The molecule has 3 fully saturated rings. The van der Waals surface area contributed by atoms with Crippen LogP contribution in [0.1, 0.15) is 36.2 Å². The van der Waals surface area contributed by atoms with Crippen molar-refractivity contribution in [3.63, 3.8) is 0 Å². The summed E-state index contributed by atoms with van der Waals surface area (Å²) in [6.07, 6.45) is 1.73. The molecule has 13 heteroatoms. The second-order valence-corrected chi connectivity index (χ2v) is 15.0. The van der Waals surface area contributed by atoms with Gasteiger partial charge in [0, 0.05) is 47.5 Å². The van der Waals surface area contributed by atoms with Crippen LogP contribution in [-0.2, 0) is 11.2 Å². The number of halogens is 5. The van der Waals surface area contributed by atoms with Gasteiger partial charge in [0.2, 0.25) is 0 Å². The molecule has 0 N–H and O–H groups in total. The number of aliphatic imine (C=N–C) groups is 1. The maximum Gasteiger partial charge on any atom is 0.173 e. The van der Waals surface area contributed by atoms with Crippen molar-refractivity contribution in [3.05, 3.63) is 104 Å². The molecule has 3 saturated heterocycles. The highest BCUT2D eigenvalue weighted by Crippen LogP contribution is 2.40. The van der Waals surface area contributed by atoms with E-state index in [1.54, 1.807) is 30.5 Å². The lowest BCUT2D eigenvalue weighted by atomic mass is 9.81. The van der Waals surface area contributed by atoms with E-state index in [1.807, 2.05) is 24.5 Å². The summed E-state index contributed by atoms with van der Waals surface area (Å²) in [5.74, 6) is -1.39. The van der Waals surface area contributed by atoms with Crippen molar-refractivity contribution in [3.8, 4) is 11.4 Å². The molecule has 2 bridgehead atoms. The Morgan fingerprint density at radius 2 is 1.71 bits per heavy atom. The predicted molar refractivity (Wildman–Crippen MR) is 187 cm³/mol. The van der Waals surface area contributed by atoms with Gasteiger partial charge in [0.05, 0.1) is 67.5 Å². The van der Waals surface area contributed by atoms with Gasteiger partial charge in [0.15, 0.2) is 16.7 Å². The fourth-order valence-corrected chi connectivity index (χ4v) is 8.15. The predicted octanol–water partition coefficient (Wildman–Crippen LogP) is 6.99. The Balaban J connectivity index is 1.26. The van der Waals surface area contributed by atoms with E-state index in [0.29, 0.717) is 27.4 Å². The quantitative estimate of drug-likeness (QED) is 0.0720. The molecule has 4 aromatic rings. The fraction of sp³-hybridized carbons (Fsp3) is 0.371. The monoisotopic (exact) mass is 733 g/mol. The lowest BCUT2D eigenvalue weighted by Gasteiger charge is -2.50. The molecule has 1 aromatic heterocycles. The molecule has 254 valence electrons. The van der Waals surface area contributed by atoms with Gasteiger partial charge in [0.1, 0.15) is 5.82 Å². The Labute approximate surface area is 298 Å². The minimum absolute atomic E-state index is 0.0675. The number of benzene rings is 3. The Morgan fingerprint density at radius 3 is 2.38 bits per heavy atom. The number of fused-ring (bicyclic) bond motifs is 3. The smallest absolute Gasteiger partial charge is 0.173 e. The van der Waals surface area contributed by atoms with Crippen LogP contribution in [0.25, 0.3) is 5.69 Å². The van der Waals surface area contributed by atoms with Crippen LogP contribution in [0.15, 0.2) is 64.9 Å². The van der Waals surface area contributed by atoms with Crippen LogP contribution < -0.4 is 9.84 Å². The molecule has 0 radical (unpaired) electrons. The number of quaternary nitrogens is 1. The number of nitrogens with zero attached hydrogens (tertiary/aromatic N) is 5. The van der Waals surface area contributed by atoms with E-state index >= 15 is 4.39 Å². The summed E-state index contributed by atoms with van der Waals surface area (Å²) < 4.78 is 38.2. The van der Waals surface area contributed by atoms with Crippen LogP contribution in [0, 0.1) is 11.6 Å². The van der Waals surface area contributed by atoms with Crippen molar-refractivity contribution >= 4 is 52.5 Å². The molecular formula is C35H36Cl3F2N5O2S. The number of imidazole rings is 1. The first-order valence-electron chi connectivity index (χ1n) is 15.7. The number of hydrogen-bond acceptors (Lipinski definition) is 6. The van der Waals surface area contributed by atoms with Gasteiger partial charge in [-0.15, -0.1) is 0 Å². The van der Waals surface area contributed by atoms with Gasteiger partial charge in [-0.25, -0.2) is 13.8 Å². The Kier molecular flexibility index (Phi) is 10.3. The molecular weight excluding hydrogens is 699 g/mol. The average molecular weight is 735 g/mol. The molecule has 0 atom stereocenters. The maximum absolute atomic E-state index is 15.6. The van der Waals surface area contributed by atoms with Crippen molar-refractivity contribution in [1.29, 1.82) is 0 Å². The maximum atomic E-state index is 15.6. The number of hydrogen-bond donors (Lipinski definition) is 0. The highest BCUT2D eigenvalue weighted by Gasteiger charge is 2.37. The van der Waals surface area contributed by atoms with Crippen LogP contribution in [0.5, 0.6) is 5.75 Å². The van der Waals surface area contributed by atoms with Crippen LogP contribution in [0.4, 0.5) is 8.78 Å². The minimum Gasteiger partial charge on any atom is -0.858 e. The first-order valence-corrected chi connectivity index (χ1v) is 17.8. The molecule has 0 unspecified atom stereocenters. The highest BCUT2D eigenvalue weighted by atomic mass is 35.5. The molecule has 0 saturated carbocycles. The molecule has 0 spiro atoms. The number of thioether (sulfide) groups is 1. The number of methoxy groups -OCH3 is 1. The summed E-state index contributed by atoms with van der Waals surface area (Å²) in [7, 11) is 1.40. The first kappa shape index (κ1) is 35.0. The average Bonchev–Trinajstić information content (AvgIpc) is 3.51. The fourth-order valence-electron chi connectivity index (χ4n) is 6.47. The van der Waals surface area contributed by atoms with Crippen molar-refractivity contribution in [2.45, 2.75) is 30.2 Å². The second-order valence-electron chi connectivity index (χ2n) is 12.8. The largest absolute Gasteiger partial charge is 0.858 e. The second kappa shape index (κ2) is 14.2. The molecule has 48 heavy (non-hydrogen) atoms. The van der Waals surface area contributed by atoms with Crippen molar-refractivity contribution < 1.29 is 23.1 Å². The summed E-state index contributed by atoms with van der Waals surface area (Å²) in [6.45, 7) is 11.7.